The van der Waals surface area contributed by atoms with Gasteiger partial charge in [-0.15, -0.1) is 0 Å². The Morgan fingerprint density at radius 2 is 1.76 bits per heavy atom. The predicted octanol–water partition coefficient (Wildman–Crippen LogP) is 0.875. The number of aryl methyl sites for hydroxylation is 1. The first-order chi connectivity index (χ1) is 11.6. The summed E-state index contributed by atoms with van der Waals surface area (Å²) in [5.74, 6) is -1.29. The summed E-state index contributed by atoms with van der Waals surface area (Å²) in [6.07, 6.45) is 2.52. The second-order valence-corrected chi connectivity index (χ2v) is 10.00. The Hall–Kier alpha value is -1.49. The molecular formula is C15H22N2O6S2. The number of sulfonamides is 2. The molecule has 1 N–H and O–H groups in total. The lowest BCUT2D eigenvalue weighted by molar-refractivity contribution is -0.137. The largest absolute Gasteiger partial charge is 0.480 e. The van der Waals surface area contributed by atoms with Gasteiger partial charge in [0.15, 0.2) is 0 Å². The van der Waals surface area contributed by atoms with E-state index in [0.717, 1.165) is 32.4 Å². The number of aliphatic carboxylic acids is 1. The van der Waals surface area contributed by atoms with Gasteiger partial charge in [0.2, 0.25) is 20.0 Å². The van der Waals surface area contributed by atoms with Gasteiger partial charge in [-0.05, 0) is 37.5 Å². The van der Waals surface area contributed by atoms with Gasteiger partial charge in [-0.1, -0.05) is 12.5 Å². The van der Waals surface area contributed by atoms with Crippen LogP contribution in [0.15, 0.2) is 28.0 Å². The lowest BCUT2D eigenvalue weighted by atomic mass is 10.2. The number of piperidine rings is 1. The smallest absolute Gasteiger partial charge is 0.318 e. The zero-order valence-corrected chi connectivity index (χ0v) is 15.8. The number of hydrogen-bond acceptors (Lipinski definition) is 5. The van der Waals surface area contributed by atoms with Crippen LogP contribution in [0.4, 0.5) is 0 Å². The summed E-state index contributed by atoms with van der Waals surface area (Å²) < 4.78 is 52.7. The van der Waals surface area contributed by atoms with Crippen LogP contribution in [0.2, 0.25) is 0 Å². The lowest BCUT2D eigenvalue weighted by Gasteiger charge is -2.26. The molecule has 0 radical (unpaired) electrons. The van der Waals surface area contributed by atoms with Crippen LogP contribution in [-0.2, 0) is 24.8 Å². The van der Waals surface area contributed by atoms with E-state index in [1.54, 1.807) is 6.92 Å². The summed E-state index contributed by atoms with van der Waals surface area (Å²) in [5, 5.41) is 8.81. The fourth-order valence-corrected chi connectivity index (χ4v) is 5.70. The summed E-state index contributed by atoms with van der Waals surface area (Å²) in [7, 11) is -6.74. The van der Waals surface area contributed by atoms with Crippen molar-refractivity contribution in [1.82, 2.24) is 8.61 Å². The number of carboxylic acids is 1. The van der Waals surface area contributed by atoms with Gasteiger partial charge in [-0.2, -0.15) is 8.61 Å². The van der Waals surface area contributed by atoms with Crippen molar-refractivity contribution in [1.29, 1.82) is 0 Å². The molecule has 25 heavy (non-hydrogen) atoms. The molecule has 1 saturated heterocycles. The van der Waals surface area contributed by atoms with E-state index in [4.69, 9.17) is 5.11 Å². The van der Waals surface area contributed by atoms with Crippen molar-refractivity contribution in [3.8, 4) is 0 Å². The van der Waals surface area contributed by atoms with Crippen LogP contribution in [0.1, 0.15) is 24.8 Å². The average Bonchev–Trinajstić information content (AvgIpc) is 2.55. The first-order valence-electron chi connectivity index (χ1n) is 7.86. The van der Waals surface area contributed by atoms with Crippen LogP contribution in [0.5, 0.6) is 0 Å². The lowest BCUT2D eigenvalue weighted by Crippen LogP contribution is -2.36. The molecule has 8 nitrogen and oxygen atoms in total. The van der Waals surface area contributed by atoms with Gasteiger partial charge in [-0.3, -0.25) is 4.79 Å². The topological polar surface area (TPSA) is 112 Å². The van der Waals surface area contributed by atoms with Gasteiger partial charge in [-0.25, -0.2) is 16.8 Å². The van der Waals surface area contributed by atoms with Gasteiger partial charge < -0.3 is 5.11 Å². The van der Waals surface area contributed by atoms with Crippen molar-refractivity contribution < 1.29 is 26.7 Å². The molecule has 0 aliphatic carbocycles. The normalized spacial score (nSPS) is 16.9. The van der Waals surface area contributed by atoms with E-state index >= 15 is 0 Å². The second-order valence-electron chi connectivity index (χ2n) is 6.05. The van der Waals surface area contributed by atoms with Crippen LogP contribution in [-0.4, -0.2) is 63.2 Å². The summed E-state index contributed by atoms with van der Waals surface area (Å²) in [5.41, 5.74) is 0.356. The molecule has 0 saturated carbocycles. The standard InChI is InChI=1S/C15H22N2O6S2/c1-12-6-7-13(24(20,21)17-8-4-3-5-9-17)10-14(12)25(22,23)16(2)11-15(18)19/h6-7,10H,3-5,8-9,11H2,1-2H3,(H,18,19). The van der Waals surface area contributed by atoms with E-state index in [1.807, 2.05) is 0 Å². The fourth-order valence-electron chi connectivity index (χ4n) is 2.72. The highest BCUT2D eigenvalue weighted by Crippen LogP contribution is 2.26. The van der Waals surface area contributed by atoms with E-state index < -0.39 is 32.6 Å². The Kier molecular flexibility index (Phi) is 5.87. The molecule has 1 heterocycles. The monoisotopic (exact) mass is 390 g/mol. The highest BCUT2D eigenvalue weighted by molar-refractivity contribution is 7.90. The maximum absolute atomic E-state index is 12.7. The minimum absolute atomic E-state index is 0.0951. The predicted molar refractivity (Wildman–Crippen MR) is 91.2 cm³/mol. The molecule has 1 aliphatic rings. The van der Waals surface area contributed by atoms with Crippen molar-refractivity contribution in [2.75, 3.05) is 26.7 Å². The number of carbonyl (C=O) groups is 1. The second kappa shape index (κ2) is 7.40. The van der Waals surface area contributed by atoms with Crippen molar-refractivity contribution in [2.24, 2.45) is 0 Å². The molecule has 0 unspecified atom stereocenters. The van der Waals surface area contributed by atoms with Crippen LogP contribution in [0.3, 0.4) is 0 Å². The molecule has 1 aromatic carbocycles. The van der Waals surface area contributed by atoms with Crippen LogP contribution < -0.4 is 0 Å². The molecule has 1 aliphatic heterocycles. The number of likely N-dealkylation sites (N-methyl/N-ethyl adjacent to an activating group) is 1. The Labute approximate surface area is 148 Å². The zero-order valence-electron chi connectivity index (χ0n) is 14.2. The molecule has 0 atom stereocenters. The van der Waals surface area contributed by atoms with Crippen molar-refractivity contribution in [2.45, 2.75) is 36.0 Å². The number of hydrogen-bond donors (Lipinski definition) is 1. The molecule has 1 aromatic rings. The van der Waals surface area contributed by atoms with E-state index in [1.165, 1.54) is 16.4 Å². The third-order valence-corrected chi connectivity index (χ3v) is 8.00. The van der Waals surface area contributed by atoms with Gasteiger partial charge in [0.25, 0.3) is 0 Å². The van der Waals surface area contributed by atoms with E-state index in [-0.39, 0.29) is 9.79 Å². The van der Waals surface area contributed by atoms with Gasteiger partial charge in [0.05, 0.1) is 9.79 Å². The Morgan fingerprint density at radius 3 is 2.32 bits per heavy atom. The zero-order chi connectivity index (χ0) is 18.8. The molecule has 2 rings (SSSR count). The van der Waals surface area contributed by atoms with Gasteiger partial charge >= 0.3 is 5.97 Å². The van der Waals surface area contributed by atoms with Gasteiger partial charge in [0.1, 0.15) is 6.54 Å². The number of rotatable bonds is 6. The maximum Gasteiger partial charge on any atom is 0.318 e. The SMILES string of the molecule is Cc1ccc(S(=O)(=O)N2CCCCC2)cc1S(=O)(=O)N(C)CC(=O)O. The molecule has 10 heteroatoms. The van der Waals surface area contributed by atoms with E-state index in [2.05, 4.69) is 0 Å². The van der Waals surface area contributed by atoms with Crippen molar-refractivity contribution >= 4 is 26.0 Å². The third-order valence-electron chi connectivity index (χ3n) is 4.16. The molecule has 0 aromatic heterocycles. The molecular weight excluding hydrogens is 368 g/mol. The van der Waals surface area contributed by atoms with E-state index in [9.17, 15) is 21.6 Å². The average molecular weight is 390 g/mol. The summed E-state index contributed by atoms with van der Waals surface area (Å²) in [4.78, 5) is 10.5. The first kappa shape index (κ1) is 19.8. The van der Waals surface area contributed by atoms with Crippen molar-refractivity contribution in [3.63, 3.8) is 0 Å². The van der Waals surface area contributed by atoms with Crippen LogP contribution >= 0.6 is 0 Å². The number of nitrogens with zero attached hydrogens (tertiary/aromatic N) is 2. The Balaban J connectivity index is 2.45. The molecule has 1 fully saturated rings. The van der Waals surface area contributed by atoms with Crippen LogP contribution in [0, 0.1) is 6.92 Å². The minimum Gasteiger partial charge on any atom is -0.480 e. The fraction of sp³-hybridized carbons (Fsp3) is 0.533. The van der Waals surface area contributed by atoms with Crippen molar-refractivity contribution in [3.05, 3.63) is 23.8 Å². The minimum atomic E-state index is -4.11. The molecule has 140 valence electrons. The summed E-state index contributed by atoms with van der Waals surface area (Å²) in [6, 6.07) is 3.93. The third kappa shape index (κ3) is 4.20. The summed E-state index contributed by atoms with van der Waals surface area (Å²) in [6.45, 7) is 1.66. The van der Waals surface area contributed by atoms with E-state index in [0.29, 0.717) is 23.0 Å². The molecule has 0 amide bonds. The first-order valence-corrected chi connectivity index (χ1v) is 10.7. The highest BCUT2D eigenvalue weighted by Gasteiger charge is 2.30. The quantitative estimate of drug-likeness (QED) is 0.771. The van der Waals surface area contributed by atoms with Gasteiger partial charge in [0, 0.05) is 20.1 Å². The maximum atomic E-state index is 12.7. The molecule has 0 bridgehead atoms. The number of carboxylic acid groups (broad SMARTS) is 1. The Morgan fingerprint density at radius 1 is 1.16 bits per heavy atom. The Bertz CT molecular complexity index is 858. The highest BCUT2D eigenvalue weighted by atomic mass is 32.2. The van der Waals surface area contributed by atoms with Crippen LogP contribution in [0.25, 0.3) is 0 Å². The number of benzene rings is 1. The summed E-state index contributed by atoms with van der Waals surface area (Å²) >= 11 is 0. The molecule has 0 spiro atoms.